The molecule has 0 bridgehead atoms. The average Bonchev–Trinajstić information content (AvgIpc) is 3.17. The average molecular weight is 484 g/mol. The summed E-state index contributed by atoms with van der Waals surface area (Å²) in [6, 6.07) is 7.99. The second-order valence-corrected chi connectivity index (χ2v) is 9.75. The molecule has 3 aromatic rings. The Kier molecular flexibility index (Phi) is 6.40. The number of H-pyrrole nitrogens is 1. The van der Waals surface area contributed by atoms with Crippen molar-refractivity contribution in [1.29, 1.82) is 0 Å². The quantitative estimate of drug-likeness (QED) is 0.544. The zero-order valence-electron chi connectivity index (χ0n) is 19.6. The summed E-state index contributed by atoms with van der Waals surface area (Å²) in [5.41, 5.74) is 2.24. The third-order valence-corrected chi connectivity index (χ3v) is 7.44. The SMILES string of the molecule is CN1CCN(C(=O)CCC(=O)C2CC(c3c(-c4ccc(F)cc4)[nH]c4c(F)cc(F)cc34)C2)CC1. The van der Waals surface area contributed by atoms with E-state index < -0.39 is 11.6 Å². The molecule has 1 saturated carbocycles. The lowest BCUT2D eigenvalue weighted by atomic mass is 9.68. The minimum Gasteiger partial charge on any atom is -0.352 e. The summed E-state index contributed by atoms with van der Waals surface area (Å²) in [5, 5.41) is 0.447. The molecule has 0 atom stereocenters. The monoisotopic (exact) mass is 483 g/mol. The van der Waals surface area contributed by atoms with E-state index in [1.54, 1.807) is 12.1 Å². The van der Waals surface area contributed by atoms with Crippen LogP contribution in [0.15, 0.2) is 36.4 Å². The number of aromatic nitrogens is 1. The van der Waals surface area contributed by atoms with Crippen LogP contribution in [0.1, 0.15) is 37.2 Å². The molecule has 5 rings (SSSR count). The van der Waals surface area contributed by atoms with Crippen LogP contribution < -0.4 is 0 Å². The predicted octanol–water partition coefficient (Wildman–Crippen LogP) is 4.87. The summed E-state index contributed by atoms with van der Waals surface area (Å²) < 4.78 is 42.1. The van der Waals surface area contributed by atoms with E-state index in [0.717, 1.165) is 24.7 Å². The molecule has 1 amide bonds. The van der Waals surface area contributed by atoms with Gasteiger partial charge in [-0.05, 0) is 67.3 Å². The van der Waals surface area contributed by atoms with E-state index in [0.29, 0.717) is 42.6 Å². The van der Waals surface area contributed by atoms with Crippen molar-refractivity contribution in [2.24, 2.45) is 5.92 Å². The standard InChI is InChI=1S/C27H28F3N3O2/c1-32-8-10-33(11-9-32)24(35)7-6-23(34)17-12-18(13-17)25-21-14-20(29)15-22(30)27(21)31-26(25)16-2-4-19(28)5-3-16/h2-5,14-15,17-18,31H,6-13H2,1H3. The number of piperazine rings is 1. The van der Waals surface area contributed by atoms with Crippen LogP contribution in [0.5, 0.6) is 0 Å². The first-order valence-corrected chi connectivity index (χ1v) is 12.1. The highest BCUT2D eigenvalue weighted by molar-refractivity contribution is 5.93. The number of carbonyl (C=O) groups is 2. The lowest BCUT2D eigenvalue weighted by molar-refractivity contribution is -0.135. The van der Waals surface area contributed by atoms with Crippen LogP contribution in [0.3, 0.4) is 0 Å². The van der Waals surface area contributed by atoms with E-state index in [-0.39, 0.29) is 47.7 Å². The zero-order valence-corrected chi connectivity index (χ0v) is 19.6. The van der Waals surface area contributed by atoms with E-state index in [1.165, 1.54) is 18.2 Å². The molecular weight excluding hydrogens is 455 g/mol. The molecular formula is C27H28F3N3O2. The molecule has 0 unspecified atom stereocenters. The Morgan fingerprint density at radius 1 is 0.943 bits per heavy atom. The molecule has 2 aliphatic rings. The van der Waals surface area contributed by atoms with Gasteiger partial charge in [0.1, 0.15) is 23.2 Å². The van der Waals surface area contributed by atoms with Gasteiger partial charge in [0.15, 0.2) is 0 Å². The molecule has 1 aliphatic heterocycles. The zero-order chi connectivity index (χ0) is 24.7. The Morgan fingerprint density at radius 3 is 2.31 bits per heavy atom. The maximum Gasteiger partial charge on any atom is 0.223 e. The van der Waals surface area contributed by atoms with Crippen molar-refractivity contribution in [1.82, 2.24) is 14.8 Å². The van der Waals surface area contributed by atoms with E-state index in [2.05, 4.69) is 9.88 Å². The summed E-state index contributed by atoms with van der Waals surface area (Å²) in [4.78, 5) is 32.3. The summed E-state index contributed by atoms with van der Waals surface area (Å²) in [7, 11) is 2.02. The summed E-state index contributed by atoms with van der Waals surface area (Å²) >= 11 is 0. The number of benzene rings is 2. The molecule has 2 fully saturated rings. The molecule has 35 heavy (non-hydrogen) atoms. The van der Waals surface area contributed by atoms with Crippen LogP contribution in [0, 0.1) is 23.4 Å². The maximum atomic E-state index is 14.5. The number of aromatic amines is 1. The lowest BCUT2D eigenvalue weighted by Gasteiger charge is -2.35. The molecule has 1 N–H and O–H groups in total. The van der Waals surface area contributed by atoms with Gasteiger partial charge in [0.05, 0.1) is 11.2 Å². The summed E-state index contributed by atoms with van der Waals surface area (Å²) in [5.74, 6) is -1.91. The molecule has 1 aliphatic carbocycles. The van der Waals surface area contributed by atoms with E-state index in [9.17, 15) is 22.8 Å². The molecule has 1 saturated heterocycles. The number of hydrogen-bond donors (Lipinski definition) is 1. The second kappa shape index (κ2) is 9.49. The number of carbonyl (C=O) groups excluding carboxylic acids is 2. The Balaban J connectivity index is 1.30. The fourth-order valence-corrected chi connectivity index (χ4v) is 5.27. The highest BCUT2D eigenvalue weighted by Gasteiger charge is 2.38. The van der Waals surface area contributed by atoms with Gasteiger partial charge in [0.2, 0.25) is 5.91 Å². The fourth-order valence-electron chi connectivity index (χ4n) is 5.27. The smallest absolute Gasteiger partial charge is 0.223 e. The molecule has 5 nitrogen and oxygen atoms in total. The summed E-state index contributed by atoms with van der Waals surface area (Å²) in [6.45, 7) is 3.06. The van der Waals surface area contributed by atoms with Crippen molar-refractivity contribution in [3.8, 4) is 11.3 Å². The van der Waals surface area contributed by atoms with Crippen molar-refractivity contribution in [2.45, 2.75) is 31.6 Å². The number of fused-ring (bicyclic) bond motifs is 1. The van der Waals surface area contributed by atoms with Gasteiger partial charge in [0.25, 0.3) is 0 Å². The van der Waals surface area contributed by atoms with E-state index >= 15 is 0 Å². The lowest BCUT2D eigenvalue weighted by Crippen LogP contribution is -2.47. The number of nitrogens with zero attached hydrogens (tertiary/aromatic N) is 2. The second-order valence-electron chi connectivity index (χ2n) is 9.75. The van der Waals surface area contributed by atoms with Gasteiger partial charge in [-0.2, -0.15) is 0 Å². The van der Waals surface area contributed by atoms with Gasteiger partial charge < -0.3 is 14.8 Å². The summed E-state index contributed by atoms with van der Waals surface area (Å²) in [6.07, 6.45) is 1.54. The van der Waals surface area contributed by atoms with E-state index in [4.69, 9.17) is 0 Å². The van der Waals surface area contributed by atoms with Gasteiger partial charge in [-0.1, -0.05) is 0 Å². The molecule has 0 radical (unpaired) electrons. The minimum atomic E-state index is -0.691. The van der Waals surface area contributed by atoms with Crippen LogP contribution in [0.2, 0.25) is 0 Å². The number of Topliss-reactive ketones (excluding diaryl/α,β-unsaturated/α-hetero) is 1. The normalized spacial score (nSPS) is 20.7. The number of ketones is 1. The first-order valence-electron chi connectivity index (χ1n) is 12.1. The number of nitrogens with one attached hydrogen (secondary N) is 1. The van der Waals surface area contributed by atoms with E-state index in [1.807, 2.05) is 11.9 Å². The van der Waals surface area contributed by atoms with Crippen molar-refractivity contribution in [3.63, 3.8) is 0 Å². The number of hydrogen-bond acceptors (Lipinski definition) is 3. The van der Waals surface area contributed by atoms with Gasteiger partial charge in [-0.25, -0.2) is 13.2 Å². The van der Waals surface area contributed by atoms with Crippen molar-refractivity contribution < 1.29 is 22.8 Å². The first kappa shape index (κ1) is 23.6. The first-order chi connectivity index (χ1) is 16.8. The largest absolute Gasteiger partial charge is 0.352 e. The minimum absolute atomic E-state index is 0.0171. The predicted molar refractivity (Wildman–Crippen MR) is 127 cm³/mol. The molecule has 2 heterocycles. The van der Waals surface area contributed by atoms with Gasteiger partial charge in [0, 0.05) is 56.4 Å². The van der Waals surface area contributed by atoms with Crippen molar-refractivity contribution in [3.05, 3.63) is 59.4 Å². The third-order valence-electron chi connectivity index (χ3n) is 7.44. The van der Waals surface area contributed by atoms with Gasteiger partial charge in [-0.3, -0.25) is 9.59 Å². The highest BCUT2D eigenvalue weighted by Crippen LogP contribution is 2.49. The molecule has 2 aromatic carbocycles. The molecule has 1 aromatic heterocycles. The van der Waals surface area contributed by atoms with Crippen LogP contribution in [0.4, 0.5) is 13.2 Å². The van der Waals surface area contributed by atoms with Crippen LogP contribution >= 0.6 is 0 Å². The number of likely N-dealkylation sites (N-methyl/N-ethyl adjacent to an activating group) is 1. The topological polar surface area (TPSA) is 56.4 Å². The van der Waals surface area contributed by atoms with Crippen LogP contribution in [-0.4, -0.2) is 59.7 Å². The molecule has 8 heteroatoms. The third kappa shape index (κ3) is 4.72. The maximum absolute atomic E-state index is 14.5. The Morgan fingerprint density at radius 2 is 1.63 bits per heavy atom. The van der Waals surface area contributed by atoms with Crippen molar-refractivity contribution in [2.75, 3.05) is 33.2 Å². The number of rotatable bonds is 6. The van der Waals surface area contributed by atoms with Crippen LogP contribution in [-0.2, 0) is 9.59 Å². The van der Waals surface area contributed by atoms with Gasteiger partial charge >= 0.3 is 0 Å². The van der Waals surface area contributed by atoms with Crippen molar-refractivity contribution >= 4 is 22.6 Å². The van der Waals surface area contributed by atoms with Gasteiger partial charge in [-0.15, -0.1) is 0 Å². The highest BCUT2D eigenvalue weighted by atomic mass is 19.1. The Bertz CT molecular complexity index is 1260. The number of halogens is 3. The molecule has 184 valence electrons. The molecule has 0 spiro atoms. The van der Waals surface area contributed by atoms with Crippen LogP contribution in [0.25, 0.3) is 22.2 Å². The number of amides is 1. The fraction of sp³-hybridized carbons (Fsp3) is 0.407. The Labute approximate surface area is 201 Å². The Hall–Kier alpha value is -3.13.